The molecule has 0 radical (unpaired) electrons. The highest BCUT2D eigenvalue weighted by molar-refractivity contribution is 5.93. The average Bonchev–Trinajstić information content (AvgIpc) is 2.51. The summed E-state index contributed by atoms with van der Waals surface area (Å²) in [5.41, 5.74) is -0.167. The molecule has 64 valence electrons. The third-order valence-corrected chi connectivity index (χ3v) is 1.78. The summed E-state index contributed by atoms with van der Waals surface area (Å²) in [6, 6.07) is -0.854. The Hall–Kier alpha value is -1.56. The predicted octanol–water partition coefficient (Wildman–Crippen LogP) is 0.181. The fraction of sp³-hybridized carbons (Fsp3) is 0.333. The Morgan fingerprint density at radius 3 is 2.67 bits per heavy atom. The van der Waals surface area contributed by atoms with Gasteiger partial charge >= 0.3 is 6.03 Å². The Morgan fingerprint density at radius 2 is 2.17 bits per heavy atom. The van der Waals surface area contributed by atoms with Gasteiger partial charge in [0.15, 0.2) is 0 Å². The SMILES string of the molecule is CCc1c2on(c1=O)C(=O)N2O. The van der Waals surface area contributed by atoms with Crippen LogP contribution in [0.1, 0.15) is 12.5 Å². The molecule has 1 aliphatic heterocycles. The molecular formula is C6H6N2O4. The topological polar surface area (TPSA) is 75.7 Å². The summed E-state index contributed by atoms with van der Waals surface area (Å²) in [5.74, 6) is -0.0625. The molecular weight excluding hydrogens is 164 g/mol. The van der Waals surface area contributed by atoms with Crippen LogP contribution in [0.15, 0.2) is 9.32 Å². The van der Waals surface area contributed by atoms with E-state index in [2.05, 4.69) is 0 Å². The summed E-state index contributed by atoms with van der Waals surface area (Å²) in [4.78, 5) is 22.0. The van der Waals surface area contributed by atoms with Crippen LogP contribution in [0.5, 0.6) is 0 Å². The smallest absolute Gasteiger partial charge is 0.346 e. The van der Waals surface area contributed by atoms with E-state index in [-0.39, 0.29) is 5.88 Å². The molecule has 6 heteroatoms. The number of fused-ring (bicyclic) bond motifs is 2. The molecule has 1 aromatic heterocycles. The van der Waals surface area contributed by atoms with E-state index in [1.165, 1.54) is 0 Å². The molecule has 2 rings (SSSR count). The fourth-order valence-corrected chi connectivity index (χ4v) is 1.16. The first-order valence-electron chi connectivity index (χ1n) is 3.45. The Labute approximate surface area is 66.5 Å². The zero-order valence-electron chi connectivity index (χ0n) is 6.27. The van der Waals surface area contributed by atoms with Crippen molar-refractivity contribution in [2.45, 2.75) is 13.3 Å². The quantitative estimate of drug-likeness (QED) is 0.610. The highest BCUT2D eigenvalue weighted by Crippen LogP contribution is 2.23. The summed E-state index contributed by atoms with van der Waals surface area (Å²) in [5, 5.41) is 9.35. The van der Waals surface area contributed by atoms with Crippen LogP contribution < -0.4 is 10.6 Å². The maximum atomic E-state index is 11.1. The van der Waals surface area contributed by atoms with Crippen molar-refractivity contribution in [1.82, 2.24) is 4.74 Å². The van der Waals surface area contributed by atoms with Gasteiger partial charge in [0.25, 0.3) is 11.4 Å². The molecule has 1 N–H and O–H groups in total. The Morgan fingerprint density at radius 1 is 1.50 bits per heavy atom. The van der Waals surface area contributed by atoms with Crippen molar-refractivity contribution in [1.29, 1.82) is 0 Å². The molecule has 2 bridgehead atoms. The van der Waals surface area contributed by atoms with Gasteiger partial charge in [-0.3, -0.25) is 10.0 Å². The number of amides is 1. The highest BCUT2D eigenvalue weighted by Gasteiger charge is 2.36. The fourth-order valence-electron chi connectivity index (χ4n) is 1.16. The van der Waals surface area contributed by atoms with E-state index in [0.717, 1.165) is 0 Å². The van der Waals surface area contributed by atoms with Gasteiger partial charge in [0, 0.05) is 0 Å². The van der Waals surface area contributed by atoms with Crippen LogP contribution in [-0.4, -0.2) is 16.0 Å². The lowest BCUT2D eigenvalue weighted by molar-refractivity contribution is 0.204. The van der Waals surface area contributed by atoms with Crippen molar-refractivity contribution >= 4 is 11.9 Å². The molecule has 1 amide bonds. The highest BCUT2D eigenvalue weighted by atomic mass is 16.6. The number of aromatic nitrogens is 1. The van der Waals surface area contributed by atoms with Crippen LogP contribution in [0.25, 0.3) is 0 Å². The Kier molecular flexibility index (Phi) is 1.17. The maximum Gasteiger partial charge on any atom is 0.392 e. The van der Waals surface area contributed by atoms with Gasteiger partial charge < -0.3 is 4.52 Å². The van der Waals surface area contributed by atoms with E-state index < -0.39 is 11.6 Å². The molecule has 0 atom stereocenters. The molecule has 6 nitrogen and oxygen atoms in total. The lowest BCUT2D eigenvalue weighted by Crippen LogP contribution is -2.37. The van der Waals surface area contributed by atoms with Gasteiger partial charge in [-0.15, -0.1) is 5.06 Å². The molecule has 12 heavy (non-hydrogen) atoms. The molecule has 2 heterocycles. The standard InChI is InChI=1S/C6H6N2O4/c1-2-3-4(9)8-6(10)7(11)5(3)12-8/h11H,2H2,1H3. The zero-order valence-corrected chi connectivity index (χ0v) is 6.27. The van der Waals surface area contributed by atoms with Crippen molar-refractivity contribution in [2.75, 3.05) is 5.06 Å². The minimum Gasteiger partial charge on any atom is -0.346 e. The van der Waals surface area contributed by atoms with Gasteiger partial charge in [-0.1, -0.05) is 11.7 Å². The summed E-state index contributed by atoms with van der Waals surface area (Å²) in [7, 11) is 0. The van der Waals surface area contributed by atoms with Crippen molar-refractivity contribution in [2.24, 2.45) is 0 Å². The first-order chi connectivity index (χ1) is 5.66. The van der Waals surface area contributed by atoms with Crippen LogP contribution in [0.2, 0.25) is 0 Å². The van der Waals surface area contributed by atoms with Crippen LogP contribution in [0.3, 0.4) is 0 Å². The van der Waals surface area contributed by atoms with Gasteiger partial charge in [-0.25, -0.2) is 4.79 Å². The molecule has 1 aromatic rings. The van der Waals surface area contributed by atoms with Crippen molar-refractivity contribution < 1.29 is 14.5 Å². The van der Waals surface area contributed by atoms with Crippen LogP contribution in [-0.2, 0) is 6.42 Å². The third kappa shape index (κ3) is 0.578. The summed E-state index contributed by atoms with van der Waals surface area (Å²) >= 11 is 0. The monoisotopic (exact) mass is 170 g/mol. The van der Waals surface area contributed by atoms with Gasteiger partial charge in [-0.05, 0) is 6.42 Å². The van der Waals surface area contributed by atoms with Crippen molar-refractivity contribution in [3.63, 3.8) is 0 Å². The van der Waals surface area contributed by atoms with E-state index in [0.29, 0.717) is 21.8 Å². The Bertz CT molecular complexity index is 402. The minimum atomic E-state index is -0.854. The predicted molar refractivity (Wildman–Crippen MR) is 37.4 cm³/mol. The number of carbonyl (C=O) groups is 1. The lowest BCUT2D eigenvalue weighted by Gasteiger charge is -2.05. The number of anilines is 1. The number of hydrogen-bond acceptors (Lipinski definition) is 4. The zero-order chi connectivity index (χ0) is 8.88. The second-order valence-corrected chi connectivity index (χ2v) is 2.42. The van der Waals surface area contributed by atoms with E-state index in [9.17, 15) is 9.59 Å². The van der Waals surface area contributed by atoms with E-state index >= 15 is 0 Å². The molecule has 0 spiro atoms. The molecule has 1 aliphatic rings. The minimum absolute atomic E-state index is 0.0625. The molecule has 0 fully saturated rings. The first-order valence-corrected chi connectivity index (χ1v) is 3.45. The summed E-state index contributed by atoms with van der Waals surface area (Å²) < 4.78 is 5.24. The molecule has 0 aromatic carbocycles. The van der Waals surface area contributed by atoms with E-state index in [1.54, 1.807) is 6.92 Å². The average molecular weight is 170 g/mol. The largest absolute Gasteiger partial charge is 0.392 e. The number of carbonyl (C=O) groups excluding carboxylic acids is 1. The number of nitrogens with zero attached hydrogens (tertiary/aromatic N) is 2. The summed E-state index contributed by atoms with van der Waals surface area (Å²) in [6.45, 7) is 1.74. The number of hydroxylamine groups is 1. The van der Waals surface area contributed by atoms with Gasteiger partial charge in [0.2, 0.25) is 0 Å². The van der Waals surface area contributed by atoms with E-state index in [1.807, 2.05) is 0 Å². The molecule has 0 aliphatic carbocycles. The Balaban J connectivity index is 2.72. The van der Waals surface area contributed by atoms with Crippen molar-refractivity contribution in [3.05, 3.63) is 15.9 Å². The number of hydrogen-bond donors (Lipinski definition) is 1. The second-order valence-electron chi connectivity index (χ2n) is 2.42. The molecule has 0 saturated heterocycles. The third-order valence-electron chi connectivity index (χ3n) is 1.78. The first kappa shape index (κ1) is 7.11. The van der Waals surface area contributed by atoms with Gasteiger partial charge in [-0.2, -0.15) is 0 Å². The number of rotatable bonds is 1. The van der Waals surface area contributed by atoms with Crippen LogP contribution >= 0.6 is 0 Å². The second kappa shape index (κ2) is 1.98. The van der Waals surface area contributed by atoms with Gasteiger partial charge in [0.1, 0.15) is 0 Å². The van der Waals surface area contributed by atoms with Gasteiger partial charge in [0.05, 0.1) is 5.56 Å². The van der Waals surface area contributed by atoms with Crippen LogP contribution in [0.4, 0.5) is 10.7 Å². The normalized spacial score (nSPS) is 14.5. The molecule has 0 saturated carbocycles. The molecule has 0 unspecified atom stereocenters. The maximum absolute atomic E-state index is 11.1. The lowest BCUT2D eigenvalue weighted by atomic mass is 10.2. The van der Waals surface area contributed by atoms with Crippen LogP contribution in [0, 0.1) is 0 Å². The van der Waals surface area contributed by atoms with E-state index in [4.69, 9.17) is 9.73 Å². The summed E-state index contributed by atoms with van der Waals surface area (Å²) in [6.07, 6.45) is 0.426. The van der Waals surface area contributed by atoms with Crippen molar-refractivity contribution in [3.8, 4) is 0 Å².